The highest BCUT2D eigenvalue weighted by Gasteiger charge is 1.99. The molecule has 0 aliphatic heterocycles. The summed E-state index contributed by atoms with van der Waals surface area (Å²) in [6, 6.07) is 8.15. The standard InChI is InChI=1S/C14H23NO2/c1-4-16-11-9-15(3)10-12-17-14-7-5-13(2)6-8-14/h5-8H,4,9-12H2,1-3H3. The summed E-state index contributed by atoms with van der Waals surface area (Å²) in [5.74, 6) is 0.939. The van der Waals surface area contributed by atoms with Gasteiger partial charge < -0.3 is 14.4 Å². The molecule has 0 fully saturated rings. The van der Waals surface area contributed by atoms with Crippen molar-refractivity contribution in [3.05, 3.63) is 29.8 Å². The molecule has 0 bridgehead atoms. The summed E-state index contributed by atoms with van der Waals surface area (Å²) < 4.78 is 11.0. The first-order chi connectivity index (χ1) is 8.22. The first-order valence-electron chi connectivity index (χ1n) is 6.18. The Labute approximate surface area is 104 Å². The third-order valence-electron chi connectivity index (χ3n) is 2.58. The van der Waals surface area contributed by atoms with Crippen LogP contribution < -0.4 is 4.74 Å². The van der Waals surface area contributed by atoms with Crippen molar-refractivity contribution >= 4 is 0 Å². The van der Waals surface area contributed by atoms with Crippen molar-refractivity contribution in [2.45, 2.75) is 13.8 Å². The predicted octanol–water partition coefficient (Wildman–Crippen LogP) is 2.34. The molecule has 0 spiro atoms. The number of ether oxygens (including phenoxy) is 2. The number of aryl methyl sites for hydroxylation is 1. The van der Waals surface area contributed by atoms with Crippen LogP contribution in [-0.4, -0.2) is 44.9 Å². The molecule has 0 saturated carbocycles. The highest BCUT2D eigenvalue weighted by atomic mass is 16.5. The normalized spacial score (nSPS) is 10.8. The van der Waals surface area contributed by atoms with E-state index in [1.807, 2.05) is 19.1 Å². The highest BCUT2D eigenvalue weighted by Crippen LogP contribution is 2.10. The zero-order valence-electron chi connectivity index (χ0n) is 11.1. The first kappa shape index (κ1) is 14.0. The Hall–Kier alpha value is -1.06. The molecule has 1 aromatic carbocycles. The van der Waals surface area contributed by atoms with Crippen LogP contribution in [0.1, 0.15) is 12.5 Å². The molecule has 0 atom stereocenters. The van der Waals surface area contributed by atoms with E-state index in [2.05, 4.69) is 31.0 Å². The second-order valence-corrected chi connectivity index (χ2v) is 4.16. The van der Waals surface area contributed by atoms with E-state index in [0.717, 1.165) is 32.1 Å². The Kier molecular flexibility index (Phi) is 6.67. The van der Waals surface area contributed by atoms with Crippen LogP contribution in [0.4, 0.5) is 0 Å². The van der Waals surface area contributed by atoms with Crippen LogP contribution in [0.25, 0.3) is 0 Å². The lowest BCUT2D eigenvalue weighted by Gasteiger charge is -2.16. The fourth-order valence-electron chi connectivity index (χ4n) is 1.43. The zero-order chi connectivity index (χ0) is 12.5. The van der Waals surface area contributed by atoms with Crippen molar-refractivity contribution in [2.24, 2.45) is 0 Å². The van der Waals surface area contributed by atoms with Gasteiger partial charge in [0.2, 0.25) is 0 Å². The maximum Gasteiger partial charge on any atom is 0.119 e. The van der Waals surface area contributed by atoms with Crippen molar-refractivity contribution < 1.29 is 9.47 Å². The molecule has 0 N–H and O–H groups in total. The lowest BCUT2D eigenvalue weighted by Crippen LogP contribution is -2.27. The summed E-state index contributed by atoms with van der Waals surface area (Å²) in [5, 5.41) is 0. The van der Waals surface area contributed by atoms with E-state index >= 15 is 0 Å². The van der Waals surface area contributed by atoms with Gasteiger partial charge in [0.1, 0.15) is 12.4 Å². The number of likely N-dealkylation sites (N-methyl/N-ethyl adjacent to an activating group) is 1. The summed E-state index contributed by atoms with van der Waals surface area (Å²) in [7, 11) is 2.08. The summed E-state index contributed by atoms with van der Waals surface area (Å²) >= 11 is 0. The van der Waals surface area contributed by atoms with E-state index in [1.165, 1.54) is 5.56 Å². The molecule has 17 heavy (non-hydrogen) atoms. The van der Waals surface area contributed by atoms with Gasteiger partial charge in [0.15, 0.2) is 0 Å². The van der Waals surface area contributed by atoms with Gasteiger partial charge in [-0.1, -0.05) is 17.7 Å². The van der Waals surface area contributed by atoms with E-state index in [4.69, 9.17) is 9.47 Å². The van der Waals surface area contributed by atoms with Crippen molar-refractivity contribution in [1.82, 2.24) is 4.90 Å². The molecule has 1 rings (SSSR count). The van der Waals surface area contributed by atoms with Crippen molar-refractivity contribution in [3.63, 3.8) is 0 Å². The summed E-state index contributed by atoms with van der Waals surface area (Å²) in [4.78, 5) is 2.21. The summed E-state index contributed by atoms with van der Waals surface area (Å²) in [6.07, 6.45) is 0. The van der Waals surface area contributed by atoms with Gasteiger partial charge in [0.05, 0.1) is 6.61 Å². The molecule has 0 aromatic heterocycles. The van der Waals surface area contributed by atoms with Crippen molar-refractivity contribution in [3.8, 4) is 5.75 Å². The SMILES string of the molecule is CCOCCN(C)CCOc1ccc(C)cc1. The number of rotatable bonds is 8. The summed E-state index contributed by atoms with van der Waals surface area (Å²) in [5.41, 5.74) is 1.26. The average molecular weight is 237 g/mol. The van der Waals surface area contributed by atoms with Gasteiger partial charge in [-0.15, -0.1) is 0 Å². The molecule has 0 amide bonds. The van der Waals surface area contributed by atoms with Gasteiger partial charge in [-0.05, 0) is 33.0 Å². The minimum absolute atomic E-state index is 0.714. The Morgan fingerprint density at radius 2 is 1.71 bits per heavy atom. The lowest BCUT2D eigenvalue weighted by atomic mass is 10.2. The largest absolute Gasteiger partial charge is 0.492 e. The monoisotopic (exact) mass is 237 g/mol. The molecule has 0 heterocycles. The maximum atomic E-state index is 5.66. The number of benzene rings is 1. The van der Waals surface area contributed by atoms with Crippen LogP contribution in [0, 0.1) is 6.92 Å². The molecular formula is C14H23NO2. The van der Waals surface area contributed by atoms with Crippen LogP contribution in [0.15, 0.2) is 24.3 Å². The third kappa shape index (κ3) is 6.29. The van der Waals surface area contributed by atoms with E-state index in [0.29, 0.717) is 6.61 Å². The molecule has 0 unspecified atom stereocenters. The fourth-order valence-corrected chi connectivity index (χ4v) is 1.43. The number of hydrogen-bond donors (Lipinski definition) is 0. The Morgan fingerprint density at radius 1 is 1.06 bits per heavy atom. The van der Waals surface area contributed by atoms with Gasteiger partial charge in [0, 0.05) is 19.7 Å². The zero-order valence-corrected chi connectivity index (χ0v) is 11.1. The van der Waals surface area contributed by atoms with Gasteiger partial charge in [-0.25, -0.2) is 0 Å². The van der Waals surface area contributed by atoms with Crippen LogP contribution in [-0.2, 0) is 4.74 Å². The van der Waals surface area contributed by atoms with Crippen LogP contribution in [0.3, 0.4) is 0 Å². The van der Waals surface area contributed by atoms with Crippen LogP contribution in [0.5, 0.6) is 5.75 Å². The molecule has 3 heteroatoms. The molecule has 96 valence electrons. The molecule has 0 aliphatic carbocycles. The molecule has 0 aliphatic rings. The van der Waals surface area contributed by atoms with E-state index in [-0.39, 0.29) is 0 Å². The van der Waals surface area contributed by atoms with E-state index in [9.17, 15) is 0 Å². The van der Waals surface area contributed by atoms with E-state index in [1.54, 1.807) is 0 Å². The lowest BCUT2D eigenvalue weighted by molar-refractivity contribution is 0.116. The Bertz CT molecular complexity index is 298. The van der Waals surface area contributed by atoms with E-state index < -0.39 is 0 Å². The Balaban J connectivity index is 2.12. The van der Waals surface area contributed by atoms with Gasteiger partial charge in [-0.3, -0.25) is 0 Å². The summed E-state index contributed by atoms with van der Waals surface area (Å²) in [6.45, 7) is 8.24. The van der Waals surface area contributed by atoms with Gasteiger partial charge in [0.25, 0.3) is 0 Å². The smallest absolute Gasteiger partial charge is 0.119 e. The molecular weight excluding hydrogens is 214 g/mol. The third-order valence-corrected chi connectivity index (χ3v) is 2.58. The first-order valence-corrected chi connectivity index (χ1v) is 6.18. The molecule has 0 radical (unpaired) electrons. The Morgan fingerprint density at radius 3 is 2.35 bits per heavy atom. The molecule has 0 saturated heterocycles. The fraction of sp³-hybridized carbons (Fsp3) is 0.571. The molecule has 1 aromatic rings. The second kappa shape index (κ2) is 8.09. The quantitative estimate of drug-likeness (QED) is 0.648. The average Bonchev–Trinajstić information content (AvgIpc) is 2.32. The minimum Gasteiger partial charge on any atom is -0.492 e. The maximum absolute atomic E-state index is 5.66. The highest BCUT2D eigenvalue weighted by molar-refractivity contribution is 5.26. The van der Waals surface area contributed by atoms with Gasteiger partial charge in [-0.2, -0.15) is 0 Å². The predicted molar refractivity (Wildman–Crippen MR) is 70.7 cm³/mol. The van der Waals surface area contributed by atoms with Crippen molar-refractivity contribution in [1.29, 1.82) is 0 Å². The molecule has 3 nitrogen and oxygen atoms in total. The second-order valence-electron chi connectivity index (χ2n) is 4.16. The number of hydrogen-bond acceptors (Lipinski definition) is 3. The topological polar surface area (TPSA) is 21.7 Å². The van der Waals surface area contributed by atoms with Crippen LogP contribution >= 0.6 is 0 Å². The van der Waals surface area contributed by atoms with Crippen LogP contribution in [0.2, 0.25) is 0 Å². The van der Waals surface area contributed by atoms with Crippen molar-refractivity contribution in [2.75, 3.05) is 40.0 Å². The minimum atomic E-state index is 0.714. The number of nitrogens with zero attached hydrogens (tertiary/aromatic N) is 1. The van der Waals surface area contributed by atoms with Gasteiger partial charge >= 0.3 is 0 Å².